The molecule has 4 nitrogen and oxygen atoms in total. The molecule has 0 unspecified atom stereocenters. The van der Waals surface area contributed by atoms with Gasteiger partial charge < -0.3 is 13.8 Å². The first kappa shape index (κ1) is 25.3. The monoisotopic (exact) mass is 449 g/mol. The third-order valence-corrected chi connectivity index (χ3v) is 16.5. The molecule has 1 amide bonds. The lowest BCUT2D eigenvalue weighted by Gasteiger charge is -2.50. The maximum absolute atomic E-state index is 13.1. The molecule has 1 aliphatic rings. The Hall–Kier alpha value is -0.956. The van der Waals surface area contributed by atoms with E-state index in [9.17, 15) is 4.79 Å². The van der Waals surface area contributed by atoms with Gasteiger partial charge in [0.05, 0.1) is 18.6 Å². The zero-order valence-electron chi connectivity index (χ0n) is 20.8. The number of rotatable bonds is 8. The number of β-lactam (4-membered cyclic amide) rings is 1. The lowest BCUT2D eigenvalue weighted by Crippen LogP contribution is -2.65. The zero-order valence-corrected chi connectivity index (χ0v) is 22.8. The Bertz CT molecular complexity index is 720. The van der Waals surface area contributed by atoms with E-state index in [4.69, 9.17) is 8.85 Å². The zero-order chi connectivity index (χ0) is 23.0. The van der Waals surface area contributed by atoms with Crippen LogP contribution in [0.25, 0.3) is 0 Å². The van der Waals surface area contributed by atoms with Crippen molar-refractivity contribution in [2.45, 2.75) is 90.4 Å². The van der Waals surface area contributed by atoms with Crippen LogP contribution in [0.4, 0.5) is 0 Å². The van der Waals surface area contributed by atoms with Gasteiger partial charge in [0, 0.05) is 13.2 Å². The van der Waals surface area contributed by atoms with Gasteiger partial charge in [-0.3, -0.25) is 4.79 Å². The fraction of sp³-hybridized carbons (Fsp3) is 0.708. The van der Waals surface area contributed by atoms with Crippen LogP contribution in [0.2, 0.25) is 36.3 Å². The summed E-state index contributed by atoms with van der Waals surface area (Å²) in [7, 11) is -3.78. The van der Waals surface area contributed by atoms with Crippen LogP contribution < -0.4 is 0 Å². The van der Waals surface area contributed by atoms with E-state index in [1.807, 2.05) is 23.1 Å². The van der Waals surface area contributed by atoms with Crippen molar-refractivity contribution in [1.29, 1.82) is 0 Å². The summed E-state index contributed by atoms with van der Waals surface area (Å²) < 4.78 is 13.0. The summed E-state index contributed by atoms with van der Waals surface area (Å²) in [6, 6.07) is 10.3. The number of amides is 1. The van der Waals surface area contributed by atoms with Gasteiger partial charge in [-0.15, -0.1) is 0 Å². The van der Waals surface area contributed by atoms with Gasteiger partial charge in [0.15, 0.2) is 16.6 Å². The third kappa shape index (κ3) is 5.64. The second-order valence-electron chi connectivity index (χ2n) is 11.8. The van der Waals surface area contributed by atoms with Crippen LogP contribution in [0.3, 0.4) is 0 Å². The number of carbonyl (C=O) groups excluding carboxylic acids is 1. The largest absolute Gasteiger partial charge is 0.416 e. The van der Waals surface area contributed by atoms with E-state index in [1.54, 1.807) is 0 Å². The van der Waals surface area contributed by atoms with Crippen LogP contribution in [-0.2, 0) is 20.2 Å². The Balaban J connectivity index is 2.14. The Kier molecular flexibility index (Phi) is 7.50. The van der Waals surface area contributed by atoms with Gasteiger partial charge >= 0.3 is 0 Å². The van der Waals surface area contributed by atoms with Crippen LogP contribution in [0.5, 0.6) is 0 Å². The van der Waals surface area contributed by atoms with Gasteiger partial charge in [-0.25, -0.2) is 0 Å². The van der Waals surface area contributed by atoms with E-state index in [1.165, 1.54) is 0 Å². The van der Waals surface area contributed by atoms with Crippen molar-refractivity contribution in [3.05, 3.63) is 35.9 Å². The van der Waals surface area contributed by atoms with Crippen LogP contribution in [0, 0.1) is 5.92 Å². The predicted octanol–water partition coefficient (Wildman–Crippen LogP) is 6.06. The number of hydrogen-bond donors (Lipinski definition) is 0. The molecule has 1 aromatic carbocycles. The summed E-state index contributed by atoms with van der Waals surface area (Å²) in [5, 5.41) is 0.287. The third-order valence-electron chi connectivity index (χ3n) is 7.51. The molecular formula is C24H43NO3Si2. The van der Waals surface area contributed by atoms with Crippen LogP contribution in [0.15, 0.2) is 30.3 Å². The van der Waals surface area contributed by atoms with E-state index >= 15 is 0 Å². The molecule has 1 saturated heterocycles. The number of nitrogens with zero attached hydrogens (tertiary/aromatic N) is 1. The van der Waals surface area contributed by atoms with E-state index in [-0.39, 0.29) is 27.9 Å². The van der Waals surface area contributed by atoms with Gasteiger partial charge in [0.2, 0.25) is 5.91 Å². The van der Waals surface area contributed by atoms with E-state index < -0.39 is 16.6 Å². The molecule has 1 aromatic rings. The van der Waals surface area contributed by atoms with Gasteiger partial charge in [0.25, 0.3) is 0 Å². The molecule has 1 aliphatic heterocycles. The van der Waals surface area contributed by atoms with Gasteiger partial charge in [-0.2, -0.15) is 0 Å². The quantitative estimate of drug-likeness (QED) is 0.358. The number of benzene rings is 1. The molecule has 30 heavy (non-hydrogen) atoms. The highest BCUT2D eigenvalue weighted by Gasteiger charge is 2.50. The van der Waals surface area contributed by atoms with Crippen molar-refractivity contribution in [2.75, 3.05) is 13.2 Å². The molecule has 0 aromatic heterocycles. The topological polar surface area (TPSA) is 38.8 Å². The van der Waals surface area contributed by atoms with E-state index in [2.05, 4.69) is 79.9 Å². The van der Waals surface area contributed by atoms with Crippen molar-refractivity contribution in [3.63, 3.8) is 0 Å². The number of hydrogen-bond acceptors (Lipinski definition) is 3. The predicted molar refractivity (Wildman–Crippen MR) is 131 cm³/mol. The lowest BCUT2D eigenvalue weighted by molar-refractivity contribution is -0.162. The summed E-state index contributed by atoms with van der Waals surface area (Å²) in [6.07, 6.45) is 0. The molecule has 2 rings (SSSR count). The Morgan fingerprint density at radius 2 is 1.30 bits per heavy atom. The summed E-state index contributed by atoms with van der Waals surface area (Å²) in [5.74, 6) is 0.0917. The molecule has 0 bridgehead atoms. The Morgan fingerprint density at radius 1 is 0.833 bits per heavy atom. The summed E-state index contributed by atoms with van der Waals surface area (Å²) in [6.45, 7) is 24.3. The highest BCUT2D eigenvalue weighted by molar-refractivity contribution is 6.74. The van der Waals surface area contributed by atoms with Gasteiger partial charge in [0.1, 0.15) is 0 Å². The lowest BCUT2D eigenvalue weighted by atomic mass is 9.88. The maximum atomic E-state index is 13.1. The molecule has 1 fully saturated rings. The first-order chi connectivity index (χ1) is 13.6. The van der Waals surface area contributed by atoms with Crippen LogP contribution in [-0.4, -0.2) is 46.7 Å². The highest BCUT2D eigenvalue weighted by Crippen LogP contribution is 2.40. The molecule has 1 heterocycles. The fourth-order valence-electron chi connectivity index (χ4n) is 3.06. The minimum atomic E-state index is -1.90. The van der Waals surface area contributed by atoms with Crippen molar-refractivity contribution < 1.29 is 13.6 Å². The molecule has 0 aliphatic carbocycles. The second kappa shape index (κ2) is 8.89. The molecule has 0 radical (unpaired) electrons. The van der Waals surface area contributed by atoms with Crippen LogP contribution >= 0.6 is 0 Å². The maximum Gasteiger partial charge on any atom is 0.230 e. The van der Waals surface area contributed by atoms with Gasteiger partial charge in [-0.05, 0) is 41.8 Å². The number of likely N-dealkylation sites (tertiary alicyclic amines) is 1. The molecule has 0 saturated carbocycles. The normalized spacial score (nSPS) is 21.0. The summed E-state index contributed by atoms with van der Waals surface area (Å²) in [4.78, 5) is 15.1. The molecule has 170 valence electrons. The van der Waals surface area contributed by atoms with Crippen molar-refractivity contribution in [1.82, 2.24) is 4.90 Å². The van der Waals surface area contributed by atoms with E-state index in [0.29, 0.717) is 19.8 Å². The summed E-state index contributed by atoms with van der Waals surface area (Å²) >= 11 is 0. The molecule has 0 N–H and O–H groups in total. The SMILES string of the molecule is CC(C)(C)[Si](C)(C)OC[C@@H]1C(=O)N(Cc2ccccc2)[C@H]1CO[Si](C)(C)C(C)(C)C. The molecule has 0 spiro atoms. The van der Waals surface area contributed by atoms with Crippen molar-refractivity contribution in [3.8, 4) is 0 Å². The van der Waals surface area contributed by atoms with Crippen LogP contribution in [0.1, 0.15) is 47.1 Å². The smallest absolute Gasteiger partial charge is 0.230 e. The van der Waals surface area contributed by atoms with Gasteiger partial charge in [-0.1, -0.05) is 71.9 Å². The average Bonchev–Trinajstić information content (AvgIpc) is 2.61. The molecule has 6 heteroatoms. The molecular weight excluding hydrogens is 406 g/mol. The number of carbonyl (C=O) groups is 1. The Labute approximate surface area is 186 Å². The Morgan fingerprint density at radius 3 is 1.77 bits per heavy atom. The van der Waals surface area contributed by atoms with E-state index in [0.717, 1.165) is 5.56 Å². The minimum Gasteiger partial charge on any atom is -0.416 e. The fourth-order valence-corrected chi connectivity index (χ4v) is 5.11. The average molecular weight is 450 g/mol. The first-order valence-corrected chi connectivity index (χ1v) is 17.0. The minimum absolute atomic E-state index is 0.0802. The van der Waals surface area contributed by atoms with Crippen molar-refractivity contribution in [2.24, 2.45) is 5.92 Å². The van der Waals surface area contributed by atoms with Crippen molar-refractivity contribution >= 4 is 22.5 Å². The highest BCUT2D eigenvalue weighted by atomic mass is 28.4. The summed E-state index contributed by atoms with van der Waals surface area (Å²) in [5.41, 5.74) is 1.16. The first-order valence-electron chi connectivity index (χ1n) is 11.2. The second-order valence-corrected chi connectivity index (χ2v) is 21.4. The standard InChI is InChI=1S/C24H43NO3Si2/c1-23(2,3)29(7,8)27-17-20-21(18-28-30(9,10)24(4,5)6)25(22(20)26)16-19-14-12-11-13-15-19/h11-15,20-21H,16-18H2,1-10H3/t20-,21-/m0/s1. The molecule has 2 atom stereocenters.